The molecule has 0 bridgehead atoms. The molecule has 0 spiro atoms. The Bertz CT molecular complexity index is 141. The van der Waals surface area contributed by atoms with Gasteiger partial charge in [0.25, 0.3) is 0 Å². The average Bonchev–Trinajstić information content (AvgIpc) is 2.99. The Morgan fingerprint density at radius 1 is 1.36 bits per heavy atom. The van der Waals surface area contributed by atoms with Crippen LogP contribution in [-0.2, 0) is 17.1 Å². The Morgan fingerprint density at radius 3 is 2.71 bits per heavy atom. The first-order valence-corrected chi connectivity index (χ1v) is 7.26. The molecule has 0 aromatic rings. The number of epoxide rings is 1. The summed E-state index contributed by atoms with van der Waals surface area (Å²) in [5, 5.41) is 0. The van der Waals surface area contributed by atoms with Crippen molar-refractivity contribution < 1.29 is 17.1 Å². The fourth-order valence-electron chi connectivity index (χ4n) is 1.00. The first-order valence-electron chi connectivity index (χ1n) is 5.16. The van der Waals surface area contributed by atoms with E-state index in [0.29, 0.717) is 6.10 Å². The Labute approximate surface area is 90.5 Å². The maximum atomic E-state index is 5.47. The maximum Gasteiger partial charge on any atom is 0.670 e. The molecule has 1 aliphatic heterocycles. The predicted octanol–water partition coefficient (Wildman–Crippen LogP) is 0.963. The van der Waals surface area contributed by atoms with Crippen LogP contribution in [0.15, 0.2) is 0 Å². The summed E-state index contributed by atoms with van der Waals surface area (Å²) in [6.45, 7) is 3.24. The normalized spacial score (nSPS) is 19.7. The Balaban J connectivity index is 1.70. The molecular weight excluding hydrogens is 199 g/mol. The summed E-state index contributed by atoms with van der Waals surface area (Å²) < 4.78 is 21.0. The molecule has 1 saturated heterocycles. The number of rotatable bonds is 9. The van der Waals surface area contributed by atoms with Crippen LogP contribution in [0.1, 0.15) is 12.8 Å². The highest BCUT2D eigenvalue weighted by Crippen LogP contribution is 2.08. The van der Waals surface area contributed by atoms with Crippen LogP contribution in [0.5, 0.6) is 0 Å². The second-order valence-corrected chi connectivity index (χ2v) is 5.35. The molecule has 0 saturated carbocycles. The first-order chi connectivity index (χ1) is 6.83. The Hall–Kier alpha value is 0.372. The van der Waals surface area contributed by atoms with E-state index in [1.54, 1.807) is 7.11 Å². The first kappa shape index (κ1) is 12.4. The van der Waals surface area contributed by atoms with Crippen LogP contribution in [0.3, 0.4) is 0 Å². The molecule has 0 aromatic carbocycles. The highest BCUT2D eigenvalue weighted by Gasteiger charge is 2.21. The second kappa shape index (κ2) is 7.64. The quantitative estimate of drug-likeness (QED) is 0.328. The molecule has 1 heterocycles. The predicted molar refractivity (Wildman–Crippen MR) is 54.4 cm³/mol. The minimum Gasteiger partial charge on any atom is -0.481 e. The fraction of sp³-hybridized carbons (Fsp3) is 1.00. The van der Waals surface area contributed by atoms with Crippen molar-refractivity contribution in [3.8, 4) is 0 Å². The van der Waals surface area contributed by atoms with Crippen LogP contribution in [0.25, 0.3) is 0 Å². The van der Waals surface area contributed by atoms with E-state index in [4.69, 9.17) is 17.1 Å². The molecule has 14 heavy (non-hydrogen) atoms. The number of unbranched alkanes of at least 4 members (excludes halogenated alkanes) is 1. The fourth-order valence-corrected chi connectivity index (χ4v) is 1.64. The van der Waals surface area contributed by atoms with Crippen molar-refractivity contribution in [3.05, 3.63) is 0 Å². The van der Waals surface area contributed by atoms with Gasteiger partial charge in [-0.25, -0.2) is 0 Å². The molecule has 1 rings (SSSR count). The summed E-state index contributed by atoms with van der Waals surface area (Å²) in [5.74, 6) is 2.03. The van der Waals surface area contributed by atoms with Gasteiger partial charge in [0.2, 0.25) is 0 Å². The highest BCUT2D eigenvalue weighted by atomic mass is 27.2. The van der Waals surface area contributed by atoms with E-state index in [9.17, 15) is 0 Å². The summed E-state index contributed by atoms with van der Waals surface area (Å²) in [6.07, 6.45) is 2.48. The van der Waals surface area contributed by atoms with E-state index in [2.05, 4.69) is 0 Å². The standard InChI is InChI=1S/C7H13O3.CH3O.CH3.Al/c8-3-1-2-4-9-5-7-6-10-7;1-2;;/h7H,1-6H2;1H3;1H3;/q2*-1;;+2. The lowest BCUT2D eigenvalue weighted by Crippen LogP contribution is -2.17. The van der Waals surface area contributed by atoms with Gasteiger partial charge in [-0.2, -0.15) is 0 Å². The van der Waals surface area contributed by atoms with Crippen molar-refractivity contribution in [2.24, 2.45) is 0 Å². The Morgan fingerprint density at radius 2 is 2.07 bits per heavy atom. The molecule has 1 aliphatic rings. The van der Waals surface area contributed by atoms with E-state index in [1.807, 2.05) is 5.79 Å². The van der Waals surface area contributed by atoms with Crippen LogP contribution in [0.4, 0.5) is 0 Å². The van der Waals surface area contributed by atoms with Crippen molar-refractivity contribution in [1.82, 2.24) is 0 Å². The van der Waals surface area contributed by atoms with E-state index >= 15 is 0 Å². The zero-order valence-corrected chi connectivity index (χ0v) is 10.2. The molecule has 0 aromatic heterocycles. The molecule has 5 heteroatoms. The molecular formula is C9H19AlO4. The van der Waals surface area contributed by atoms with Crippen molar-refractivity contribution in [2.75, 3.05) is 33.5 Å². The van der Waals surface area contributed by atoms with Gasteiger partial charge in [-0.3, -0.25) is 0 Å². The van der Waals surface area contributed by atoms with E-state index < -0.39 is 14.8 Å². The largest absolute Gasteiger partial charge is 0.670 e. The Kier molecular flexibility index (Phi) is 6.79. The van der Waals surface area contributed by atoms with Crippen LogP contribution in [0.2, 0.25) is 5.79 Å². The number of hydrogen-bond donors (Lipinski definition) is 0. The lowest BCUT2D eigenvalue weighted by Gasteiger charge is -2.06. The zero-order chi connectivity index (χ0) is 10.2. The van der Waals surface area contributed by atoms with Crippen molar-refractivity contribution in [1.29, 1.82) is 0 Å². The van der Waals surface area contributed by atoms with Crippen LogP contribution < -0.4 is 0 Å². The molecule has 1 fully saturated rings. The molecule has 0 aliphatic carbocycles. The van der Waals surface area contributed by atoms with Gasteiger partial charge in [-0.15, -0.1) is 0 Å². The van der Waals surface area contributed by atoms with Gasteiger partial charge >= 0.3 is 14.8 Å². The lowest BCUT2D eigenvalue weighted by molar-refractivity contribution is 0.109. The van der Waals surface area contributed by atoms with Gasteiger partial charge < -0.3 is 17.1 Å². The minimum atomic E-state index is -1.31. The SMILES string of the molecule is C[O][Al]([CH3])[O]CCCCOCC1CO1. The second-order valence-electron chi connectivity index (χ2n) is 3.41. The monoisotopic (exact) mass is 218 g/mol. The average molecular weight is 218 g/mol. The highest BCUT2D eigenvalue weighted by molar-refractivity contribution is 6.42. The summed E-state index contributed by atoms with van der Waals surface area (Å²) in [5.41, 5.74) is 0. The lowest BCUT2D eigenvalue weighted by atomic mass is 10.3. The summed E-state index contributed by atoms with van der Waals surface area (Å²) >= 11 is -1.31. The molecule has 0 amide bonds. The molecule has 4 nitrogen and oxygen atoms in total. The molecule has 82 valence electrons. The van der Waals surface area contributed by atoms with Crippen molar-refractivity contribution in [3.63, 3.8) is 0 Å². The third-order valence-electron chi connectivity index (χ3n) is 2.07. The van der Waals surface area contributed by atoms with Crippen molar-refractivity contribution >= 4 is 14.8 Å². The van der Waals surface area contributed by atoms with Gasteiger partial charge in [0.1, 0.15) is 6.10 Å². The van der Waals surface area contributed by atoms with Gasteiger partial charge in [-0.1, -0.05) is 5.79 Å². The van der Waals surface area contributed by atoms with Crippen molar-refractivity contribution in [2.45, 2.75) is 24.7 Å². The van der Waals surface area contributed by atoms with E-state index in [0.717, 1.165) is 39.3 Å². The summed E-state index contributed by atoms with van der Waals surface area (Å²) in [6, 6.07) is 0. The third kappa shape index (κ3) is 6.77. The van der Waals surface area contributed by atoms with E-state index in [1.165, 1.54) is 0 Å². The molecule has 1 atom stereocenters. The number of hydrogen-bond acceptors (Lipinski definition) is 4. The van der Waals surface area contributed by atoms with E-state index in [-0.39, 0.29) is 0 Å². The maximum absolute atomic E-state index is 5.47. The van der Waals surface area contributed by atoms with Crippen LogP contribution >= 0.6 is 0 Å². The third-order valence-corrected chi connectivity index (χ3v) is 3.44. The molecule has 0 N–H and O–H groups in total. The summed E-state index contributed by atoms with van der Waals surface area (Å²) in [4.78, 5) is 0. The van der Waals surface area contributed by atoms with Crippen LogP contribution in [-0.4, -0.2) is 54.5 Å². The van der Waals surface area contributed by atoms with Gasteiger partial charge in [-0.05, 0) is 12.8 Å². The van der Waals surface area contributed by atoms with Gasteiger partial charge in [0.15, 0.2) is 0 Å². The minimum absolute atomic E-state index is 0.382. The molecule has 1 unspecified atom stereocenters. The van der Waals surface area contributed by atoms with Gasteiger partial charge in [0, 0.05) is 20.3 Å². The number of ether oxygens (including phenoxy) is 2. The van der Waals surface area contributed by atoms with Crippen LogP contribution in [0, 0.1) is 0 Å². The molecule has 0 radical (unpaired) electrons. The van der Waals surface area contributed by atoms with Gasteiger partial charge in [0.05, 0.1) is 13.2 Å². The summed E-state index contributed by atoms with van der Waals surface area (Å²) in [7, 11) is 1.70. The topological polar surface area (TPSA) is 40.2 Å². The smallest absolute Gasteiger partial charge is 0.481 e. The zero-order valence-electron chi connectivity index (χ0n) is 9.03.